The average Bonchev–Trinajstić information content (AvgIpc) is 3.06. The summed E-state index contributed by atoms with van der Waals surface area (Å²) in [6.07, 6.45) is 8.41. The molecular weight excluding hydrogens is 354 g/mol. The first-order chi connectivity index (χ1) is 13.6. The van der Waals surface area contributed by atoms with E-state index >= 15 is 0 Å². The fourth-order valence-corrected chi connectivity index (χ4v) is 6.68. The monoisotopic (exact) mass is 387 g/mol. The zero-order valence-corrected chi connectivity index (χ0v) is 16.9. The number of piperazine rings is 1. The fourth-order valence-electron chi connectivity index (χ4n) is 6.68. The Kier molecular flexibility index (Phi) is 4.83. The Morgan fingerprint density at radius 3 is 2.36 bits per heavy atom. The van der Waals surface area contributed by atoms with Crippen molar-refractivity contribution < 1.29 is 9.90 Å². The number of amides is 1. The normalized spacial score (nSPS) is 34.8. The number of nitrogens with zero attached hydrogens (tertiary/aromatic N) is 4. The highest BCUT2D eigenvalue weighted by molar-refractivity contribution is 5.99. The van der Waals surface area contributed by atoms with E-state index in [1.54, 1.807) is 6.20 Å². The zero-order valence-electron chi connectivity index (χ0n) is 16.9. The smallest absolute Gasteiger partial charge is 0.256 e. The molecule has 1 saturated heterocycles. The Bertz CT molecular complexity index is 696. The summed E-state index contributed by atoms with van der Waals surface area (Å²) in [6.45, 7) is 4.45. The van der Waals surface area contributed by atoms with E-state index in [0.717, 1.165) is 50.4 Å². The number of hydrogen-bond donors (Lipinski definition) is 2. The highest BCUT2D eigenvalue weighted by atomic mass is 16.3. The molecule has 7 heteroatoms. The van der Waals surface area contributed by atoms with Crippen molar-refractivity contribution in [2.75, 3.05) is 44.2 Å². The first-order valence-corrected chi connectivity index (χ1v) is 11.0. The van der Waals surface area contributed by atoms with Gasteiger partial charge in [0.05, 0.1) is 12.8 Å². The van der Waals surface area contributed by atoms with E-state index in [-0.39, 0.29) is 12.5 Å². The minimum atomic E-state index is 0.0540. The number of nitrogens with one attached hydrogen (secondary N) is 1. The summed E-state index contributed by atoms with van der Waals surface area (Å²) in [4.78, 5) is 17.8. The molecule has 28 heavy (non-hydrogen) atoms. The largest absolute Gasteiger partial charge is 0.395 e. The van der Waals surface area contributed by atoms with Gasteiger partial charge in [-0.1, -0.05) is 0 Å². The topological polar surface area (TPSA) is 73.6 Å². The first-order valence-electron chi connectivity index (χ1n) is 11.0. The fraction of sp³-hybridized carbons (Fsp3) is 0.810. The lowest BCUT2D eigenvalue weighted by Crippen LogP contribution is -2.56. The van der Waals surface area contributed by atoms with Gasteiger partial charge in [-0.15, -0.1) is 0 Å². The van der Waals surface area contributed by atoms with Crippen LogP contribution in [0.25, 0.3) is 0 Å². The summed E-state index contributed by atoms with van der Waals surface area (Å²) in [7, 11) is 1.93. The van der Waals surface area contributed by atoms with Crippen LogP contribution in [-0.4, -0.2) is 71.1 Å². The van der Waals surface area contributed by atoms with Crippen molar-refractivity contribution in [3.63, 3.8) is 0 Å². The lowest BCUT2D eigenvalue weighted by Gasteiger charge is -2.54. The van der Waals surface area contributed by atoms with Gasteiger partial charge in [0.1, 0.15) is 11.4 Å². The molecular formula is C21H33N5O2. The predicted molar refractivity (Wildman–Crippen MR) is 107 cm³/mol. The van der Waals surface area contributed by atoms with E-state index in [4.69, 9.17) is 5.11 Å². The van der Waals surface area contributed by atoms with Crippen molar-refractivity contribution >= 4 is 11.7 Å². The second-order valence-electron chi connectivity index (χ2n) is 9.49. The maximum absolute atomic E-state index is 13.2. The van der Waals surface area contributed by atoms with Crippen molar-refractivity contribution in [3.8, 4) is 0 Å². The van der Waals surface area contributed by atoms with Gasteiger partial charge >= 0.3 is 0 Å². The van der Waals surface area contributed by atoms with Crippen LogP contribution in [0.2, 0.25) is 0 Å². The molecule has 6 rings (SSSR count). The Morgan fingerprint density at radius 1 is 1.11 bits per heavy atom. The molecule has 0 spiro atoms. The Balaban J connectivity index is 1.29. The highest BCUT2D eigenvalue weighted by Crippen LogP contribution is 2.53. The maximum atomic E-state index is 13.2. The number of aromatic nitrogens is 2. The third kappa shape index (κ3) is 3.22. The second kappa shape index (κ2) is 7.34. The molecule has 0 atom stereocenters. The number of anilines is 1. The van der Waals surface area contributed by atoms with Crippen LogP contribution in [0.5, 0.6) is 0 Å². The molecule has 1 aliphatic heterocycles. The number of hydrogen-bond acceptors (Lipinski definition) is 5. The average molecular weight is 388 g/mol. The first kappa shape index (κ1) is 18.4. The van der Waals surface area contributed by atoms with E-state index in [0.29, 0.717) is 23.4 Å². The molecule has 5 aliphatic rings. The second-order valence-corrected chi connectivity index (χ2v) is 9.49. The van der Waals surface area contributed by atoms with Gasteiger partial charge in [-0.3, -0.25) is 14.4 Å². The minimum absolute atomic E-state index is 0.0540. The summed E-state index contributed by atoms with van der Waals surface area (Å²) >= 11 is 0. The Hall–Kier alpha value is -1.60. The lowest BCUT2D eigenvalue weighted by atomic mass is 9.54. The third-order valence-electron chi connectivity index (χ3n) is 7.76. The molecule has 4 bridgehead atoms. The standard InChI is InChI=1S/C21H33N5O2/c1-24-21(26-4-2-25(3-5-26)6-7-27)18(13-22-24)20(28)23-19-16-9-14-8-15(11-16)12-17(19)10-14/h13-17,19,27H,2-12H2,1H3,(H,23,28). The molecule has 0 aromatic carbocycles. The maximum Gasteiger partial charge on any atom is 0.256 e. The van der Waals surface area contributed by atoms with Gasteiger partial charge in [0.25, 0.3) is 5.91 Å². The highest BCUT2D eigenvalue weighted by Gasteiger charge is 2.48. The number of aliphatic hydroxyl groups excluding tert-OH is 1. The Labute approximate surface area is 167 Å². The number of β-amino-alcohol motifs (C(OH)–C–C–N with tert-alkyl or cyclic N) is 1. The number of carbonyl (C=O) groups is 1. The third-order valence-corrected chi connectivity index (χ3v) is 7.76. The molecule has 0 radical (unpaired) electrons. The van der Waals surface area contributed by atoms with Crippen LogP contribution in [-0.2, 0) is 7.05 Å². The molecule has 1 aromatic rings. The number of rotatable bonds is 5. The molecule has 2 heterocycles. The molecule has 7 nitrogen and oxygen atoms in total. The van der Waals surface area contributed by atoms with E-state index in [9.17, 15) is 4.79 Å². The molecule has 5 fully saturated rings. The van der Waals surface area contributed by atoms with E-state index in [2.05, 4.69) is 20.2 Å². The van der Waals surface area contributed by atoms with Crippen molar-refractivity contribution in [1.29, 1.82) is 0 Å². The summed E-state index contributed by atoms with van der Waals surface area (Å²) in [5.41, 5.74) is 0.715. The van der Waals surface area contributed by atoms with Gasteiger partial charge in [-0.05, 0) is 55.8 Å². The van der Waals surface area contributed by atoms with Crippen molar-refractivity contribution in [2.45, 2.75) is 38.1 Å². The van der Waals surface area contributed by atoms with E-state index in [1.165, 1.54) is 32.1 Å². The van der Waals surface area contributed by atoms with Gasteiger partial charge < -0.3 is 15.3 Å². The molecule has 154 valence electrons. The van der Waals surface area contributed by atoms with Gasteiger partial charge in [0, 0.05) is 45.8 Å². The SMILES string of the molecule is Cn1ncc(C(=O)NC2C3CC4CC(C3)CC2C4)c1N1CCN(CCO)CC1. The predicted octanol–water partition coefficient (Wildman–Crippen LogP) is 1.09. The molecule has 1 amide bonds. The van der Waals surface area contributed by atoms with Crippen LogP contribution >= 0.6 is 0 Å². The lowest BCUT2D eigenvalue weighted by molar-refractivity contribution is -0.0119. The van der Waals surface area contributed by atoms with Crippen LogP contribution < -0.4 is 10.2 Å². The van der Waals surface area contributed by atoms with Gasteiger partial charge in [-0.25, -0.2) is 0 Å². The van der Waals surface area contributed by atoms with Crippen molar-refractivity contribution in [1.82, 2.24) is 20.0 Å². The summed E-state index contributed by atoms with van der Waals surface area (Å²) in [5.74, 6) is 4.19. The zero-order chi connectivity index (χ0) is 19.3. The molecule has 0 unspecified atom stereocenters. The minimum Gasteiger partial charge on any atom is -0.395 e. The van der Waals surface area contributed by atoms with Gasteiger partial charge in [0.2, 0.25) is 0 Å². The molecule has 4 saturated carbocycles. The van der Waals surface area contributed by atoms with Crippen LogP contribution in [0.3, 0.4) is 0 Å². The summed E-state index contributed by atoms with van der Waals surface area (Å²) in [5, 5.41) is 17.0. The van der Waals surface area contributed by atoms with Gasteiger partial charge in [0.15, 0.2) is 0 Å². The van der Waals surface area contributed by atoms with Crippen LogP contribution in [0.1, 0.15) is 42.5 Å². The van der Waals surface area contributed by atoms with Crippen molar-refractivity contribution in [3.05, 3.63) is 11.8 Å². The number of aryl methyl sites for hydroxylation is 1. The quantitative estimate of drug-likeness (QED) is 0.791. The molecule has 2 N–H and O–H groups in total. The van der Waals surface area contributed by atoms with E-state index < -0.39 is 0 Å². The van der Waals surface area contributed by atoms with Crippen LogP contribution in [0, 0.1) is 23.7 Å². The van der Waals surface area contributed by atoms with E-state index in [1.807, 2.05) is 11.7 Å². The van der Waals surface area contributed by atoms with Crippen molar-refractivity contribution in [2.24, 2.45) is 30.7 Å². The molecule has 4 aliphatic carbocycles. The Morgan fingerprint density at radius 2 is 1.75 bits per heavy atom. The number of carbonyl (C=O) groups excluding carboxylic acids is 1. The summed E-state index contributed by atoms with van der Waals surface area (Å²) in [6, 6.07) is 0.356. The summed E-state index contributed by atoms with van der Waals surface area (Å²) < 4.78 is 1.84. The van der Waals surface area contributed by atoms with Gasteiger partial charge in [-0.2, -0.15) is 5.10 Å². The van der Waals surface area contributed by atoms with Crippen LogP contribution in [0.4, 0.5) is 5.82 Å². The van der Waals surface area contributed by atoms with Crippen LogP contribution in [0.15, 0.2) is 6.20 Å². The number of aliphatic hydroxyl groups is 1. The molecule has 1 aromatic heterocycles.